The quantitative estimate of drug-likeness (QED) is 0.873. The molecule has 1 fully saturated rings. The van der Waals surface area contributed by atoms with Gasteiger partial charge >= 0.3 is 0 Å². The molecule has 1 unspecified atom stereocenters. The molecule has 3 rings (SSSR count). The summed E-state index contributed by atoms with van der Waals surface area (Å²) in [6.07, 6.45) is 2.35. The van der Waals surface area contributed by atoms with Crippen molar-refractivity contribution in [3.05, 3.63) is 70.3 Å². The minimum Gasteiger partial charge on any atom is -0.384 e. The lowest BCUT2D eigenvalue weighted by Crippen LogP contribution is -2.14. The van der Waals surface area contributed by atoms with Gasteiger partial charge in [-0.1, -0.05) is 30.7 Å². The molecule has 0 saturated heterocycles. The van der Waals surface area contributed by atoms with Crippen LogP contribution in [0, 0.1) is 18.6 Å². The summed E-state index contributed by atoms with van der Waals surface area (Å²) in [5, 5.41) is 10.6. The molecule has 1 atom stereocenters. The smallest absolute Gasteiger partial charge is 0.132 e. The monoisotopic (exact) mass is 288 g/mol. The normalized spacial score (nSPS) is 16.6. The van der Waals surface area contributed by atoms with Crippen molar-refractivity contribution in [3.8, 4) is 0 Å². The van der Waals surface area contributed by atoms with Crippen molar-refractivity contribution in [3.63, 3.8) is 0 Å². The Morgan fingerprint density at radius 3 is 2.43 bits per heavy atom. The van der Waals surface area contributed by atoms with E-state index in [-0.39, 0.29) is 5.56 Å². The Morgan fingerprint density at radius 1 is 1.05 bits per heavy atom. The van der Waals surface area contributed by atoms with E-state index in [0.29, 0.717) is 11.5 Å². The molecular weight excluding hydrogens is 270 g/mol. The van der Waals surface area contributed by atoms with Crippen LogP contribution in [0.4, 0.5) is 8.78 Å². The number of halogens is 2. The van der Waals surface area contributed by atoms with E-state index in [1.54, 1.807) is 6.92 Å². The van der Waals surface area contributed by atoms with E-state index in [2.05, 4.69) is 0 Å². The molecule has 0 amide bonds. The Balaban J connectivity index is 2.02. The Hall–Kier alpha value is -1.74. The molecule has 1 saturated carbocycles. The molecule has 0 aliphatic heterocycles. The zero-order valence-corrected chi connectivity index (χ0v) is 11.9. The van der Waals surface area contributed by atoms with Crippen LogP contribution < -0.4 is 0 Å². The van der Waals surface area contributed by atoms with Gasteiger partial charge in [0, 0.05) is 11.6 Å². The molecular formula is C18H18F2O. The van der Waals surface area contributed by atoms with Crippen molar-refractivity contribution in [1.29, 1.82) is 0 Å². The van der Waals surface area contributed by atoms with Crippen LogP contribution in [0.1, 0.15) is 53.5 Å². The van der Waals surface area contributed by atoms with E-state index in [1.165, 1.54) is 12.5 Å². The highest BCUT2D eigenvalue weighted by Crippen LogP contribution is 2.40. The molecule has 1 aliphatic rings. The average molecular weight is 288 g/mol. The Bertz CT molecular complexity index is 662. The van der Waals surface area contributed by atoms with Crippen LogP contribution >= 0.6 is 0 Å². The molecule has 1 N–H and O–H groups in total. The first-order valence-electron chi connectivity index (χ1n) is 7.30. The third-order valence-corrected chi connectivity index (χ3v) is 4.41. The maximum atomic E-state index is 14.0. The van der Waals surface area contributed by atoms with Crippen LogP contribution in [0.2, 0.25) is 0 Å². The Kier molecular flexibility index (Phi) is 3.77. The van der Waals surface area contributed by atoms with E-state index in [1.807, 2.05) is 24.3 Å². The molecule has 0 bridgehead atoms. The maximum absolute atomic E-state index is 14.0. The van der Waals surface area contributed by atoms with Crippen LogP contribution in [0.3, 0.4) is 0 Å². The summed E-state index contributed by atoms with van der Waals surface area (Å²) < 4.78 is 27.4. The number of rotatable bonds is 3. The third-order valence-electron chi connectivity index (χ3n) is 4.41. The van der Waals surface area contributed by atoms with Crippen molar-refractivity contribution in [1.82, 2.24) is 0 Å². The van der Waals surface area contributed by atoms with Gasteiger partial charge in [-0.25, -0.2) is 8.78 Å². The second-order valence-corrected chi connectivity index (χ2v) is 5.78. The fraction of sp³-hybridized carbons (Fsp3) is 0.333. The largest absolute Gasteiger partial charge is 0.384 e. The minimum atomic E-state index is -1.05. The van der Waals surface area contributed by atoms with E-state index < -0.39 is 17.7 Å². The van der Waals surface area contributed by atoms with Gasteiger partial charge in [-0.2, -0.15) is 0 Å². The predicted octanol–water partition coefficient (Wildman–Crippen LogP) is 4.62. The molecule has 0 heterocycles. The highest BCUT2D eigenvalue weighted by Gasteiger charge is 2.26. The van der Waals surface area contributed by atoms with E-state index in [0.717, 1.165) is 30.0 Å². The first-order valence-corrected chi connectivity index (χ1v) is 7.30. The lowest BCUT2D eigenvalue weighted by atomic mass is 9.77. The van der Waals surface area contributed by atoms with Gasteiger partial charge in [0.15, 0.2) is 0 Å². The number of benzene rings is 2. The lowest BCUT2D eigenvalue weighted by Gasteiger charge is -2.29. The van der Waals surface area contributed by atoms with Crippen molar-refractivity contribution < 1.29 is 13.9 Å². The molecule has 1 nitrogen and oxygen atoms in total. The first-order chi connectivity index (χ1) is 10.1. The summed E-state index contributed by atoms with van der Waals surface area (Å²) in [6, 6.07) is 9.85. The average Bonchev–Trinajstić information content (AvgIpc) is 2.41. The van der Waals surface area contributed by atoms with Gasteiger partial charge in [0.2, 0.25) is 0 Å². The minimum absolute atomic E-state index is 0.140. The summed E-state index contributed by atoms with van der Waals surface area (Å²) in [5.74, 6) is -0.842. The number of hydrogen-bond acceptors (Lipinski definition) is 1. The number of aliphatic hydroxyl groups excluding tert-OH is 1. The van der Waals surface area contributed by atoms with Gasteiger partial charge in [-0.3, -0.25) is 0 Å². The molecule has 0 spiro atoms. The van der Waals surface area contributed by atoms with Crippen LogP contribution in [-0.2, 0) is 0 Å². The van der Waals surface area contributed by atoms with Gasteiger partial charge in [0.25, 0.3) is 0 Å². The topological polar surface area (TPSA) is 20.2 Å². The second kappa shape index (κ2) is 5.57. The molecule has 21 heavy (non-hydrogen) atoms. The van der Waals surface area contributed by atoms with Crippen LogP contribution in [0.25, 0.3) is 0 Å². The fourth-order valence-electron chi connectivity index (χ4n) is 2.91. The van der Waals surface area contributed by atoms with Crippen molar-refractivity contribution >= 4 is 0 Å². The molecule has 2 aromatic rings. The summed E-state index contributed by atoms with van der Waals surface area (Å²) in [7, 11) is 0. The molecule has 1 aliphatic carbocycles. The van der Waals surface area contributed by atoms with Crippen molar-refractivity contribution in [2.45, 2.75) is 38.2 Å². The zero-order chi connectivity index (χ0) is 15.0. The molecule has 110 valence electrons. The van der Waals surface area contributed by atoms with Crippen LogP contribution in [0.5, 0.6) is 0 Å². The predicted molar refractivity (Wildman–Crippen MR) is 78.2 cm³/mol. The molecule has 0 aromatic heterocycles. The van der Waals surface area contributed by atoms with Gasteiger partial charge in [-0.15, -0.1) is 0 Å². The Labute approximate surface area is 123 Å². The van der Waals surface area contributed by atoms with Gasteiger partial charge in [0.1, 0.15) is 17.7 Å². The lowest BCUT2D eigenvalue weighted by molar-refractivity contribution is 0.211. The second-order valence-electron chi connectivity index (χ2n) is 5.78. The van der Waals surface area contributed by atoms with Crippen LogP contribution in [0.15, 0.2) is 36.4 Å². The summed E-state index contributed by atoms with van der Waals surface area (Å²) in [5.41, 5.74) is 2.29. The number of aryl methyl sites for hydroxylation is 1. The molecule has 3 heteroatoms. The van der Waals surface area contributed by atoms with E-state index in [4.69, 9.17) is 0 Å². The first kappa shape index (κ1) is 14.2. The standard InChI is InChI=1S/C18H18F2O/c1-11-9-15(17(20)10-16(11)19)18(21)14-8-3-2-7-13(14)12-5-4-6-12/h2-3,7-10,12,18,21H,4-6H2,1H3. The molecule has 0 radical (unpaired) electrons. The van der Waals surface area contributed by atoms with Gasteiger partial charge in [0.05, 0.1) is 0 Å². The summed E-state index contributed by atoms with van der Waals surface area (Å²) >= 11 is 0. The summed E-state index contributed by atoms with van der Waals surface area (Å²) in [4.78, 5) is 0. The number of hydrogen-bond donors (Lipinski definition) is 1. The maximum Gasteiger partial charge on any atom is 0.132 e. The fourth-order valence-corrected chi connectivity index (χ4v) is 2.91. The van der Waals surface area contributed by atoms with E-state index in [9.17, 15) is 13.9 Å². The highest BCUT2D eigenvalue weighted by molar-refractivity contribution is 5.40. The highest BCUT2D eigenvalue weighted by atomic mass is 19.1. The van der Waals surface area contributed by atoms with Gasteiger partial charge in [-0.05, 0) is 48.4 Å². The number of aliphatic hydroxyl groups is 1. The van der Waals surface area contributed by atoms with Crippen LogP contribution in [-0.4, -0.2) is 5.11 Å². The SMILES string of the molecule is Cc1cc(C(O)c2ccccc2C2CCC2)c(F)cc1F. The summed E-state index contributed by atoms with van der Waals surface area (Å²) in [6.45, 7) is 1.57. The van der Waals surface area contributed by atoms with Crippen molar-refractivity contribution in [2.75, 3.05) is 0 Å². The molecule has 2 aromatic carbocycles. The Morgan fingerprint density at radius 2 is 1.76 bits per heavy atom. The third kappa shape index (κ3) is 2.58. The van der Waals surface area contributed by atoms with Crippen molar-refractivity contribution in [2.24, 2.45) is 0 Å². The van der Waals surface area contributed by atoms with Gasteiger partial charge < -0.3 is 5.11 Å². The van der Waals surface area contributed by atoms with E-state index >= 15 is 0 Å². The zero-order valence-electron chi connectivity index (χ0n) is 11.9.